The van der Waals surface area contributed by atoms with Crippen molar-refractivity contribution >= 4 is 26.7 Å². The highest BCUT2D eigenvalue weighted by Gasteiger charge is 2.32. The first-order chi connectivity index (χ1) is 11.8. The van der Waals surface area contributed by atoms with Gasteiger partial charge >= 0.3 is 0 Å². The van der Waals surface area contributed by atoms with Crippen molar-refractivity contribution in [1.29, 1.82) is 0 Å². The third-order valence-electron chi connectivity index (χ3n) is 5.46. The molecule has 1 aromatic carbocycles. The summed E-state index contributed by atoms with van der Waals surface area (Å²) in [4.78, 5) is 7.21. The van der Waals surface area contributed by atoms with Crippen LogP contribution in [0, 0.1) is 0 Å². The van der Waals surface area contributed by atoms with Gasteiger partial charge in [-0.05, 0) is 31.9 Å². The molecule has 1 atom stereocenters. The maximum Gasteiger partial charge on any atom is 0.187 e. The quantitative estimate of drug-likeness (QED) is 0.704. The molecule has 1 aliphatic heterocycles. The van der Waals surface area contributed by atoms with Crippen molar-refractivity contribution in [3.05, 3.63) is 35.9 Å². The predicted octanol–water partition coefficient (Wildman–Crippen LogP) is 4.13. The van der Waals surface area contributed by atoms with Crippen molar-refractivity contribution in [2.45, 2.75) is 51.1 Å². The number of para-hydroxylation sites is 1. The second-order valence-corrected chi connectivity index (χ2v) is 7.89. The van der Waals surface area contributed by atoms with Gasteiger partial charge in [0.25, 0.3) is 0 Å². The Labute approximate surface area is 145 Å². The monoisotopic (exact) mass is 339 g/mol. The van der Waals surface area contributed by atoms with E-state index in [2.05, 4.69) is 50.9 Å². The Hall–Kier alpha value is -1.95. The lowest BCUT2D eigenvalue weighted by molar-refractivity contribution is 0.473. The lowest BCUT2D eigenvalue weighted by atomic mass is 10.1. The summed E-state index contributed by atoms with van der Waals surface area (Å²) in [5, 5.41) is 10.2. The zero-order valence-electron chi connectivity index (χ0n) is 13.9. The summed E-state index contributed by atoms with van der Waals surface area (Å²) in [5.41, 5.74) is 1.09. The molecular formula is C18H21N5S. The van der Waals surface area contributed by atoms with E-state index in [0.29, 0.717) is 5.92 Å². The molecule has 1 aliphatic carbocycles. The minimum Gasteiger partial charge on any atom is -0.336 e. The Morgan fingerprint density at radius 3 is 2.67 bits per heavy atom. The van der Waals surface area contributed by atoms with Crippen LogP contribution in [0.4, 0.5) is 5.13 Å². The zero-order valence-corrected chi connectivity index (χ0v) is 14.7. The van der Waals surface area contributed by atoms with Crippen molar-refractivity contribution in [2.24, 2.45) is 0 Å². The maximum atomic E-state index is 4.83. The number of rotatable bonds is 2. The summed E-state index contributed by atoms with van der Waals surface area (Å²) in [5.74, 6) is 2.94. The van der Waals surface area contributed by atoms with E-state index in [-0.39, 0.29) is 6.04 Å². The Morgan fingerprint density at radius 2 is 1.83 bits per heavy atom. The molecule has 0 spiro atoms. The van der Waals surface area contributed by atoms with Crippen LogP contribution in [0.2, 0.25) is 0 Å². The minimum absolute atomic E-state index is 0.224. The van der Waals surface area contributed by atoms with Crippen LogP contribution in [-0.2, 0) is 6.54 Å². The third kappa shape index (κ3) is 2.16. The van der Waals surface area contributed by atoms with Crippen molar-refractivity contribution in [2.75, 3.05) is 11.4 Å². The Kier molecular flexibility index (Phi) is 3.33. The van der Waals surface area contributed by atoms with E-state index in [1.807, 2.05) is 0 Å². The fourth-order valence-electron chi connectivity index (χ4n) is 4.14. The number of benzene rings is 1. The van der Waals surface area contributed by atoms with Gasteiger partial charge < -0.3 is 9.47 Å². The molecular weight excluding hydrogens is 318 g/mol. The highest BCUT2D eigenvalue weighted by Crippen LogP contribution is 2.38. The first kappa shape index (κ1) is 14.4. The van der Waals surface area contributed by atoms with Crippen LogP contribution in [0.15, 0.2) is 24.3 Å². The predicted molar refractivity (Wildman–Crippen MR) is 96.6 cm³/mol. The molecule has 0 amide bonds. The first-order valence-electron chi connectivity index (χ1n) is 8.86. The number of anilines is 1. The molecule has 5 nitrogen and oxygen atoms in total. The van der Waals surface area contributed by atoms with Gasteiger partial charge in [-0.25, -0.2) is 4.98 Å². The van der Waals surface area contributed by atoms with E-state index in [0.717, 1.165) is 29.6 Å². The van der Waals surface area contributed by atoms with Crippen LogP contribution >= 0.6 is 11.3 Å². The van der Waals surface area contributed by atoms with Crippen LogP contribution in [0.1, 0.15) is 56.2 Å². The fraction of sp³-hybridized carbons (Fsp3) is 0.500. The van der Waals surface area contributed by atoms with Crippen molar-refractivity contribution in [3.63, 3.8) is 0 Å². The molecule has 5 rings (SSSR count). The number of hydrogen-bond acceptors (Lipinski definition) is 5. The normalized spacial score (nSPS) is 21.5. The lowest BCUT2D eigenvalue weighted by Gasteiger charge is -2.33. The molecule has 2 aromatic heterocycles. The van der Waals surface area contributed by atoms with Gasteiger partial charge in [-0.2, -0.15) is 0 Å². The molecule has 0 N–H and O–H groups in total. The minimum atomic E-state index is 0.224. The number of aromatic nitrogens is 4. The molecule has 0 bridgehead atoms. The fourth-order valence-corrected chi connectivity index (χ4v) is 5.21. The van der Waals surface area contributed by atoms with Gasteiger partial charge in [0.05, 0.1) is 16.3 Å². The zero-order chi connectivity index (χ0) is 16.1. The van der Waals surface area contributed by atoms with Crippen molar-refractivity contribution < 1.29 is 0 Å². The summed E-state index contributed by atoms with van der Waals surface area (Å²) < 4.78 is 3.63. The highest BCUT2D eigenvalue weighted by atomic mass is 32.1. The molecule has 0 saturated heterocycles. The number of nitrogens with zero attached hydrogens (tertiary/aromatic N) is 5. The second-order valence-electron chi connectivity index (χ2n) is 6.88. The van der Waals surface area contributed by atoms with E-state index in [9.17, 15) is 0 Å². The van der Waals surface area contributed by atoms with Gasteiger partial charge in [0.15, 0.2) is 11.0 Å². The first-order valence-corrected chi connectivity index (χ1v) is 9.68. The average Bonchev–Trinajstić information content (AvgIpc) is 3.33. The number of thiazole rings is 1. The molecule has 1 fully saturated rings. The molecule has 0 radical (unpaired) electrons. The topological polar surface area (TPSA) is 46.8 Å². The van der Waals surface area contributed by atoms with Gasteiger partial charge in [-0.15, -0.1) is 10.2 Å². The van der Waals surface area contributed by atoms with Crippen molar-refractivity contribution in [3.8, 4) is 0 Å². The SMILES string of the molecule is CC1c2nnc(C3CCCC3)n2CCN1c1nc2ccccc2s1. The van der Waals surface area contributed by atoms with E-state index in [1.165, 1.54) is 36.2 Å². The second kappa shape index (κ2) is 5.55. The van der Waals surface area contributed by atoms with E-state index in [4.69, 9.17) is 4.98 Å². The standard InChI is InChI=1S/C18H21N5S/c1-12-16-20-21-17(13-6-2-3-7-13)23(16)11-10-22(12)18-19-14-8-4-5-9-15(14)24-18/h4-5,8-9,12-13H,2-3,6-7,10-11H2,1H3. The van der Waals surface area contributed by atoms with Crippen LogP contribution < -0.4 is 4.90 Å². The Balaban J connectivity index is 1.49. The molecule has 24 heavy (non-hydrogen) atoms. The molecule has 2 aliphatic rings. The summed E-state index contributed by atoms with van der Waals surface area (Å²) in [6, 6.07) is 8.59. The van der Waals surface area contributed by atoms with E-state index >= 15 is 0 Å². The highest BCUT2D eigenvalue weighted by molar-refractivity contribution is 7.22. The Morgan fingerprint density at radius 1 is 1.04 bits per heavy atom. The van der Waals surface area contributed by atoms with E-state index < -0.39 is 0 Å². The smallest absolute Gasteiger partial charge is 0.187 e. The van der Waals surface area contributed by atoms with Crippen LogP contribution in [0.3, 0.4) is 0 Å². The van der Waals surface area contributed by atoms with Crippen molar-refractivity contribution in [1.82, 2.24) is 19.7 Å². The number of hydrogen-bond donors (Lipinski definition) is 0. The lowest BCUT2D eigenvalue weighted by Crippen LogP contribution is -2.37. The molecule has 1 unspecified atom stereocenters. The largest absolute Gasteiger partial charge is 0.336 e. The van der Waals surface area contributed by atoms with Crippen LogP contribution in [-0.4, -0.2) is 26.3 Å². The molecule has 3 aromatic rings. The molecule has 124 valence electrons. The average molecular weight is 339 g/mol. The maximum absolute atomic E-state index is 4.83. The van der Waals surface area contributed by atoms with Gasteiger partial charge in [0, 0.05) is 19.0 Å². The summed E-state index contributed by atoms with van der Waals surface area (Å²) in [6.07, 6.45) is 5.21. The summed E-state index contributed by atoms with van der Waals surface area (Å²) >= 11 is 1.77. The summed E-state index contributed by atoms with van der Waals surface area (Å²) in [7, 11) is 0. The molecule has 6 heteroatoms. The third-order valence-corrected chi connectivity index (χ3v) is 6.54. The number of fused-ring (bicyclic) bond motifs is 2. The Bertz CT molecular complexity index is 844. The van der Waals surface area contributed by atoms with Gasteiger partial charge in [0.1, 0.15) is 5.82 Å². The van der Waals surface area contributed by atoms with E-state index in [1.54, 1.807) is 11.3 Å². The molecule has 1 saturated carbocycles. The molecule has 3 heterocycles. The van der Waals surface area contributed by atoms with Crippen LogP contribution in [0.5, 0.6) is 0 Å². The van der Waals surface area contributed by atoms with Gasteiger partial charge in [-0.3, -0.25) is 0 Å². The summed E-state index contributed by atoms with van der Waals surface area (Å²) in [6.45, 7) is 4.17. The van der Waals surface area contributed by atoms with Crippen LogP contribution in [0.25, 0.3) is 10.2 Å². The van der Waals surface area contributed by atoms with Gasteiger partial charge in [-0.1, -0.05) is 36.3 Å². The van der Waals surface area contributed by atoms with Gasteiger partial charge in [0.2, 0.25) is 0 Å².